The number of ketones is 1. The molecule has 1 unspecified atom stereocenters. The number of carbonyl (C=O) groups excluding carboxylic acids is 2. The number of rotatable bonds is 4. The van der Waals surface area contributed by atoms with Gasteiger partial charge >= 0.3 is 11.9 Å². The van der Waals surface area contributed by atoms with Crippen molar-refractivity contribution >= 4 is 17.7 Å². The van der Waals surface area contributed by atoms with Crippen molar-refractivity contribution in [1.82, 2.24) is 0 Å². The molecule has 0 saturated heterocycles. The molecule has 0 aromatic rings. The van der Waals surface area contributed by atoms with Crippen LogP contribution < -0.4 is 0 Å². The summed E-state index contributed by atoms with van der Waals surface area (Å²) in [4.78, 5) is 33.9. The van der Waals surface area contributed by atoms with Gasteiger partial charge in [-0.1, -0.05) is 0 Å². The number of hydrogen-bond acceptors (Lipinski definition) is 4. The second-order valence-corrected chi connectivity index (χ2v) is 3.79. The topological polar surface area (TPSA) is 80.7 Å². The van der Waals surface area contributed by atoms with Crippen LogP contribution in [-0.4, -0.2) is 29.4 Å². The van der Waals surface area contributed by atoms with E-state index >= 15 is 0 Å². The fraction of sp³-hybridized carbons (Fsp3) is 0.545. The number of carboxylic acids is 1. The number of carbonyl (C=O) groups is 3. The standard InChI is InChI=1S/C11H14O5/c1-3-16-10(15)11(2,9(13)14)7-4-5-8(12)6-7/h6H,3-5H2,1-2H3,(H,13,14). The molecule has 0 fully saturated rings. The third-order valence-electron chi connectivity index (χ3n) is 2.73. The van der Waals surface area contributed by atoms with Crippen LogP contribution in [0.3, 0.4) is 0 Å². The van der Waals surface area contributed by atoms with Crippen molar-refractivity contribution < 1.29 is 24.2 Å². The number of esters is 1. The number of carboxylic acid groups (broad SMARTS) is 1. The first-order valence-electron chi connectivity index (χ1n) is 5.07. The van der Waals surface area contributed by atoms with Crippen LogP contribution in [0.5, 0.6) is 0 Å². The zero-order chi connectivity index (χ0) is 12.3. The molecule has 0 amide bonds. The molecular formula is C11H14O5. The molecule has 5 heteroatoms. The second-order valence-electron chi connectivity index (χ2n) is 3.79. The molecule has 0 aromatic carbocycles. The maximum Gasteiger partial charge on any atom is 0.327 e. The van der Waals surface area contributed by atoms with E-state index in [0.29, 0.717) is 12.0 Å². The number of aliphatic carboxylic acids is 1. The summed E-state index contributed by atoms with van der Waals surface area (Å²) in [6.07, 6.45) is 1.81. The summed E-state index contributed by atoms with van der Waals surface area (Å²) in [6, 6.07) is 0. The summed E-state index contributed by atoms with van der Waals surface area (Å²) >= 11 is 0. The molecule has 0 aliphatic heterocycles. The Kier molecular flexibility index (Phi) is 3.47. The third kappa shape index (κ3) is 1.98. The Morgan fingerprint density at radius 2 is 2.12 bits per heavy atom. The van der Waals surface area contributed by atoms with Crippen LogP contribution in [0.25, 0.3) is 0 Å². The van der Waals surface area contributed by atoms with Crippen LogP contribution >= 0.6 is 0 Å². The first-order valence-corrected chi connectivity index (χ1v) is 5.07. The van der Waals surface area contributed by atoms with Crippen LogP contribution in [0.2, 0.25) is 0 Å². The van der Waals surface area contributed by atoms with Gasteiger partial charge in [0.1, 0.15) is 0 Å². The highest BCUT2D eigenvalue weighted by Crippen LogP contribution is 2.35. The molecule has 5 nitrogen and oxygen atoms in total. The molecule has 1 N–H and O–H groups in total. The lowest BCUT2D eigenvalue weighted by atomic mass is 9.81. The van der Waals surface area contributed by atoms with Crippen molar-refractivity contribution in [3.63, 3.8) is 0 Å². The van der Waals surface area contributed by atoms with Gasteiger partial charge in [-0.3, -0.25) is 14.4 Å². The minimum Gasteiger partial charge on any atom is -0.480 e. The molecule has 0 bridgehead atoms. The zero-order valence-corrected chi connectivity index (χ0v) is 9.28. The van der Waals surface area contributed by atoms with Gasteiger partial charge < -0.3 is 9.84 Å². The van der Waals surface area contributed by atoms with Crippen LogP contribution in [-0.2, 0) is 19.1 Å². The van der Waals surface area contributed by atoms with Crippen LogP contribution in [0, 0.1) is 5.41 Å². The van der Waals surface area contributed by atoms with E-state index in [9.17, 15) is 14.4 Å². The monoisotopic (exact) mass is 226 g/mol. The average molecular weight is 226 g/mol. The molecule has 1 aliphatic carbocycles. The molecular weight excluding hydrogens is 212 g/mol. The van der Waals surface area contributed by atoms with E-state index in [1.165, 1.54) is 13.0 Å². The van der Waals surface area contributed by atoms with Crippen LogP contribution in [0.1, 0.15) is 26.7 Å². The molecule has 0 saturated carbocycles. The Bertz CT molecular complexity index is 369. The predicted octanol–water partition coefficient (Wildman–Crippen LogP) is 0.930. The quantitative estimate of drug-likeness (QED) is 0.569. The Labute approximate surface area is 93.1 Å². The second kappa shape index (κ2) is 4.47. The normalized spacial score (nSPS) is 18.9. The summed E-state index contributed by atoms with van der Waals surface area (Å²) in [5.41, 5.74) is -1.41. The maximum absolute atomic E-state index is 11.6. The lowest BCUT2D eigenvalue weighted by Crippen LogP contribution is -2.39. The van der Waals surface area contributed by atoms with Crippen molar-refractivity contribution in [2.75, 3.05) is 6.61 Å². The summed E-state index contributed by atoms with van der Waals surface area (Å²) in [6.45, 7) is 3.00. The minimum atomic E-state index is -1.73. The van der Waals surface area contributed by atoms with Gasteiger partial charge in [0.25, 0.3) is 0 Å². The predicted molar refractivity (Wildman–Crippen MR) is 54.7 cm³/mol. The zero-order valence-electron chi connectivity index (χ0n) is 9.28. The summed E-state index contributed by atoms with van der Waals surface area (Å²) in [5.74, 6) is -2.25. The lowest BCUT2D eigenvalue weighted by molar-refractivity contribution is -0.164. The van der Waals surface area contributed by atoms with E-state index in [-0.39, 0.29) is 18.8 Å². The molecule has 1 atom stereocenters. The van der Waals surface area contributed by atoms with E-state index in [2.05, 4.69) is 0 Å². The molecule has 0 aromatic heterocycles. The molecule has 1 aliphatic rings. The van der Waals surface area contributed by atoms with E-state index in [1.807, 2.05) is 0 Å². The highest BCUT2D eigenvalue weighted by Gasteiger charge is 2.47. The van der Waals surface area contributed by atoms with Gasteiger partial charge in [0.15, 0.2) is 11.2 Å². The van der Waals surface area contributed by atoms with Crippen LogP contribution in [0.15, 0.2) is 11.6 Å². The highest BCUT2D eigenvalue weighted by molar-refractivity contribution is 6.05. The van der Waals surface area contributed by atoms with Crippen molar-refractivity contribution in [2.45, 2.75) is 26.7 Å². The van der Waals surface area contributed by atoms with Gasteiger partial charge in [-0.2, -0.15) is 0 Å². The SMILES string of the molecule is CCOC(=O)C(C)(C(=O)O)C1=CC(=O)CC1. The lowest BCUT2D eigenvalue weighted by Gasteiger charge is -2.23. The van der Waals surface area contributed by atoms with Crippen molar-refractivity contribution in [1.29, 1.82) is 0 Å². The van der Waals surface area contributed by atoms with Crippen LogP contribution in [0.4, 0.5) is 0 Å². The van der Waals surface area contributed by atoms with Crippen molar-refractivity contribution in [2.24, 2.45) is 5.41 Å². The largest absolute Gasteiger partial charge is 0.480 e. The first-order chi connectivity index (χ1) is 7.42. The molecule has 0 heterocycles. The van der Waals surface area contributed by atoms with Gasteiger partial charge in [0, 0.05) is 6.42 Å². The molecule has 0 radical (unpaired) electrons. The Morgan fingerprint density at radius 1 is 1.50 bits per heavy atom. The maximum atomic E-state index is 11.6. The molecule has 16 heavy (non-hydrogen) atoms. The van der Waals surface area contributed by atoms with Gasteiger partial charge in [0.2, 0.25) is 0 Å². The Hall–Kier alpha value is -1.65. The van der Waals surface area contributed by atoms with Gasteiger partial charge in [-0.05, 0) is 31.9 Å². The van der Waals surface area contributed by atoms with E-state index in [0.717, 1.165) is 0 Å². The number of allylic oxidation sites excluding steroid dienone is 1. The van der Waals surface area contributed by atoms with Crippen molar-refractivity contribution in [3.8, 4) is 0 Å². The fourth-order valence-electron chi connectivity index (χ4n) is 1.62. The molecule has 1 rings (SSSR count). The summed E-state index contributed by atoms with van der Waals surface area (Å²) < 4.78 is 4.74. The van der Waals surface area contributed by atoms with E-state index in [1.54, 1.807) is 6.92 Å². The first kappa shape index (κ1) is 12.4. The highest BCUT2D eigenvalue weighted by atomic mass is 16.5. The third-order valence-corrected chi connectivity index (χ3v) is 2.73. The van der Waals surface area contributed by atoms with Gasteiger partial charge in [-0.15, -0.1) is 0 Å². The van der Waals surface area contributed by atoms with Crippen molar-refractivity contribution in [3.05, 3.63) is 11.6 Å². The fourth-order valence-corrected chi connectivity index (χ4v) is 1.62. The van der Waals surface area contributed by atoms with Gasteiger partial charge in [0.05, 0.1) is 6.61 Å². The molecule has 88 valence electrons. The summed E-state index contributed by atoms with van der Waals surface area (Å²) in [7, 11) is 0. The Morgan fingerprint density at radius 3 is 2.50 bits per heavy atom. The molecule has 0 spiro atoms. The average Bonchev–Trinajstić information content (AvgIpc) is 2.64. The number of ether oxygens (including phenoxy) is 1. The summed E-state index contributed by atoms with van der Waals surface area (Å²) in [5, 5.41) is 9.12. The minimum absolute atomic E-state index is 0.114. The van der Waals surface area contributed by atoms with E-state index < -0.39 is 17.4 Å². The number of hydrogen-bond donors (Lipinski definition) is 1. The van der Waals surface area contributed by atoms with E-state index in [4.69, 9.17) is 9.84 Å². The smallest absolute Gasteiger partial charge is 0.327 e. The van der Waals surface area contributed by atoms with Gasteiger partial charge in [-0.25, -0.2) is 0 Å². The Balaban J connectivity index is 3.07.